The lowest BCUT2D eigenvalue weighted by molar-refractivity contribution is -0.916. The zero-order valence-corrected chi connectivity index (χ0v) is 23.1. The highest BCUT2D eigenvalue weighted by atomic mass is 127. The average molecular weight is 592 g/mol. The number of amides is 1. The largest absolute Gasteiger partial charge is 1.00 e. The van der Waals surface area contributed by atoms with E-state index in [1.807, 2.05) is 11.8 Å². The number of piperidine rings is 1. The lowest BCUT2D eigenvalue weighted by Crippen LogP contribution is -3.00. The Hall–Kier alpha value is -1.71. The molecule has 0 N–H and O–H groups in total. The summed E-state index contributed by atoms with van der Waals surface area (Å²) in [5, 5.41) is 0. The van der Waals surface area contributed by atoms with Crippen molar-refractivity contribution in [3.05, 3.63) is 60.8 Å². The number of quaternary nitrogens is 1. The van der Waals surface area contributed by atoms with E-state index in [4.69, 9.17) is 4.74 Å². The maximum Gasteiger partial charge on any atom is 0.415 e. The summed E-state index contributed by atoms with van der Waals surface area (Å²) >= 11 is 1.86. The van der Waals surface area contributed by atoms with Crippen LogP contribution in [0.5, 0.6) is 0 Å². The van der Waals surface area contributed by atoms with E-state index >= 15 is 0 Å². The van der Waals surface area contributed by atoms with Crippen molar-refractivity contribution < 1.29 is 38.0 Å². The standard InChI is InChI=1S/C27H34N3O2S.HI/c1-4-16-28-21(2)27(32-26(28)31)14-19-30(3,20-15-27)18-9-17-29-22-10-5-7-12-24(22)33-25-13-8-6-11-23(25)29;/h5-8,10-13H,2,4,9,14-20H2,1,3H3;1H/q+1;/p-1. The molecule has 3 aliphatic heterocycles. The summed E-state index contributed by atoms with van der Waals surface area (Å²) in [5.41, 5.74) is 3.02. The first-order valence-electron chi connectivity index (χ1n) is 12.1. The predicted molar refractivity (Wildman–Crippen MR) is 134 cm³/mol. The molecule has 1 amide bonds. The number of rotatable bonds is 6. The molecule has 0 bridgehead atoms. The minimum atomic E-state index is -0.480. The molecule has 0 unspecified atom stereocenters. The number of likely N-dealkylation sites (tertiary alicyclic amines) is 1. The molecule has 0 aromatic heterocycles. The van der Waals surface area contributed by atoms with E-state index in [0.29, 0.717) is 6.54 Å². The van der Waals surface area contributed by atoms with Gasteiger partial charge in [-0.05, 0) is 30.7 Å². The summed E-state index contributed by atoms with van der Waals surface area (Å²) in [4.78, 5) is 19.3. The number of benzene rings is 2. The molecule has 7 heteroatoms. The van der Waals surface area contributed by atoms with Crippen molar-refractivity contribution in [2.45, 2.75) is 48.0 Å². The van der Waals surface area contributed by atoms with E-state index in [1.54, 1.807) is 4.90 Å². The van der Waals surface area contributed by atoms with Gasteiger partial charge in [0.05, 0.1) is 43.8 Å². The highest BCUT2D eigenvalue weighted by Crippen LogP contribution is 2.48. The second-order valence-electron chi connectivity index (χ2n) is 9.79. The van der Waals surface area contributed by atoms with Crippen molar-refractivity contribution >= 4 is 29.2 Å². The Morgan fingerprint density at radius 3 is 2.18 bits per heavy atom. The monoisotopic (exact) mass is 591 g/mol. The number of nitrogens with zero attached hydrogens (tertiary/aromatic N) is 3. The van der Waals surface area contributed by atoms with Gasteiger partial charge in [0.2, 0.25) is 0 Å². The number of carbonyl (C=O) groups is 1. The summed E-state index contributed by atoms with van der Waals surface area (Å²) in [5.74, 6) is 0. The van der Waals surface area contributed by atoms with Gasteiger partial charge in [-0.2, -0.15) is 0 Å². The molecule has 182 valence electrons. The fourth-order valence-electron chi connectivity index (χ4n) is 5.47. The minimum Gasteiger partial charge on any atom is -1.00 e. The molecule has 3 aliphatic rings. The fourth-order valence-corrected chi connectivity index (χ4v) is 6.57. The lowest BCUT2D eigenvalue weighted by Gasteiger charge is -2.44. The number of fused-ring (bicyclic) bond motifs is 2. The molecule has 3 heterocycles. The van der Waals surface area contributed by atoms with Crippen molar-refractivity contribution in [1.29, 1.82) is 0 Å². The number of hydrogen-bond donors (Lipinski definition) is 0. The molecule has 0 atom stereocenters. The summed E-state index contributed by atoms with van der Waals surface area (Å²) in [6, 6.07) is 17.4. The normalized spacial score (nSPS) is 25.6. The number of hydrogen-bond acceptors (Lipinski definition) is 4. The van der Waals surface area contributed by atoms with Crippen LogP contribution < -0.4 is 28.9 Å². The van der Waals surface area contributed by atoms with Gasteiger partial charge in [0.25, 0.3) is 0 Å². The third-order valence-electron chi connectivity index (χ3n) is 7.52. The number of anilines is 2. The van der Waals surface area contributed by atoms with Crippen LogP contribution in [0.2, 0.25) is 0 Å². The average Bonchev–Trinajstić information content (AvgIpc) is 3.05. The maximum atomic E-state index is 12.4. The minimum absolute atomic E-state index is 0. The molecule has 0 saturated carbocycles. The van der Waals surface area contributed by atoms with Gasteiger partial charge in [0, 0.05) is 42.1 Å². The van der Waals surface area contributed by atoms with Crippen LogP contribution in [0.15, 0.2) is 70.6 Å². The Labute approximate surface area is 224 Å². The summed E-state index contributed by atoms with van der Waals surface area (Å²) < 4.78 is 6.93. The number of para-hydroxylation sites is 2. The van der Waals surface area contributed by atoms with Gasteiger partial charge in [-0.3, -0.25) is 4.90 Å². The van der Waals surface area contributed by atoms with Gasteiger partial charge in [-0.15, -0.1) is 0 Å². The van der Waals surface area contributed by atoms with Crippen LogP contribution in [-0.2, 0) is 4.74 Å². The molecule has 2 saturated heterocycles. The third-order valence-corrected chi connectivity index (χ3v) is 8.65. The Bertz CT molecular complexity index is 1020. The van der Waals surface area contributed by atoms with E-state index in [9.17, 15) is 4.79 Å². The van der Waals surface area contributed by atoms with Gasteiger partial charge in [0.15, 0.2) is 5.60 Å². The number of ether oxygens (including phenoxy) is 1. The SMILES string of the molecule is C=C1N(CCC)C(=O)OC12CC[N+](C)(CCCN1c3ccccc3Sc3ccccc31)CC2.[I-]. The van der Waals surface area contributed by atoms with Crippen molar-refractivity contribution in [3.63, 3.8) is 0 Å². The van der Waals surface area contributed by atoms with Crippen LogP contribution >= 0.6 is 11.8 Å². The lowest BCUT2D eigenvalue weighted by atomic mass is 9.87. The van der Waals surface area contributed by atoms with Gasteiger partial charge in [-0.1, -0.05) is 49.5 Å². The van der Waals surface area contributed by atoms with E-state index in [0.717, 1.165) is 62.0 Å². The molecule has 1 spiro atoms. The summed E-state index contributed by atoms with van der Waals surface area (Å²) in [6.07, 6.45) is 3.54. The van der Waals surface area contributed by atoms with Crippen molar-refractivity contribution in [1.82, 2.24) is 4.90 Å². The van der Waals surface area contributed by atoms with E-state index < -0.39 is 5.60 Å². The number of halogens is 1. The van der Waals surface area contributed by atoms with E-state index in [1.165, 1.54) is 21.2 Å². The van der Waals surface area contributed by atoms with Crippen LogP contribution in [0.1, 0.15) is 32.6 Å². The van der Waals surface area contributed by atoms with Gasteiger partial charge < -0.3 is 38.1 Å². The molecule has 5 nitrogen and oxygen atoms in total. The Morgan fingerprint density at radius 2 is 1.59 bits per heavy atom. The van der Waals surface area contributed by atoms with E-state index in [2.05, 4.69) is 74.0 Å². The zero-order valence-electron chi connectivity index (χ0n) is 20.1. The zero-order chi connectivity index (χ0) is 23.1. The first kappa shape index (κ1) is 25.4. The van der Waals surface area contributed by atoms with Gasteiger partial charge >= 0.3 is 6.09 Å². The van der Waals surface area contributed by atoms with Crippen LogP contribution in [0.4, 0.5) is 16.2 Å². The van der Waals surface area contributed by atoms with Gasteiger partial charge in [0.1, 0.15) is 0 Å². The van der Waals surface area contributed by atoms with Crippen LogP contribution in [0, 0.1) is 0 Å². The molecule has 2 aromatic rings. The fraction of sp³-hybridized carbons (Fsp3) is 0.444. The molecular formula is C27H34IN3O2S. The quantitative estimate of drug-likeness (QED) is 0.382. The highest BCUT2D eigenvalue weighted by Gasteiger charge is 2.53. The number of carbonyl (C=O) groups excluding carboxylic acids is 1. The molecule has 5 rings (SSSR count). The Morgan fingerprint density at radius 1 is 1.00 bits per heavy atom. The molecule has 2 aromatic carbocycles. The van der Waals surface area contributed by atoms with Gasteiger partial charge in [-0.25, -0.2) is 4.79 Å². The van der Waals surface area contributed by atoms with E-state index in [-0.39, 0.29) is 30.1 Å². The highest BCUT2D eigenvalue weighted by molar-refractivity contribution is 7.99. The first-order chi connectivity index (χ1) is 15.9. The van der Waals surface area contributed by atoms with Crippen molar-refractivity contribution in [2.24, 2.45) is 0 Å². The Kier molecular flexibility index (Phi) is 7.55. The first-order valence-corrected chi connectivity index (χ1v) is 12.9. The summed E-state index contributed by atoms with van der Waals surface area (Å²) in [6.45, 7) is 11.2. The molecule has 34 heavy (non-hydrogen) atoms. The topological polar surface area (TPSA) is 32.8 Å². The third kappa shape index (κ3) is 4.58. The van der Waals surface area contributed by atoms with Crippen molar-refractivity contribution in [2.75, 3.05) is 44.7 Å². The maximum absolute atomic E-state index is 12.4. The van der Waals surface area contributed by atoms with Crippen LogP contribution in [0.25, 0.3) is 0 Å². The second-order valence-corrected chi connectivity index (χ2v) is 10.9. The Balaban J connectivity index is 0.00000274. The molecule has 0 radical (unpaired) electrons. The molecular weight excluding hydrogens is 557 g/mol. The predicted octanol–water partition coefficient (Wildman–Crippen LogP) is 3.04. The van der Waals surface area contributed by atoms with Crippen LogP contribution in [0.3, 0.4) is 0 Å². The molecule has 2 fully saturated rings. The van der Waals surface area contributed by atoms with Crippen molar-refractivity contribution in [3.8, 4) is 0 Å². The summed E-state index contributed by atoms with van der Waals surface area (Å²) in [7, 11) is 2.35. The second kappa shape index (κ2) is 10.1. The van der Waals surface area contributed by atoms with Crippen LogP contribution in [-0.4, -0.2) is 60.8 Å². The smallest absolute Gasteiger partial charge is 0.415 e. The molecule has 0 aliphatic carbocycles.